The Bertz CT molecular complexity index is 400. The Balaban J connectivity index is 2.27. The van der Waals surface area contributed by atoms with Crippen LogP contribution >= 0.6 is 0 Å². The van der Waals surface area contributed by atoms with Gasteiger partial charge in [0.15, 0.2) is 0 Å². The number of hydrogen-bond acceptors (Lipinski definition) is 4. The molecule has 4 heteroatoms. The number of anilines is 1. The van der Waals surface area contributed by atoms with E-state index in [0.717, 1.165) is 31.3 Å². The predicted molar refractivity (Wildman–Crippen MR) is 70.1 cm³/mol. The third-order valence-electron chi connectivity index (χ3n) is 3.31. The van der Waals surface area contributed by atoms with Crippen molar-refractivity contribution < 1.29 is 0 Å². The van der Waals surface area contributed by atoms with Crippen LogP contribution in [0.3, 0.4) is 0 Å². The first-order valence-corrected chi connectivity index (χ1v) is 6.24. The van der Waals surface area contributed by atoms with Crippen molar-refractivity contribution in [3.8, 4) is 0 Å². The van der Waals surface area contributed by atoms with Crippen molar-refractivity contribution in [2.24, 2.45) is 5.41 Å². The molecule has 0 aromatic carbocycles. The lowest BCUT2D eigenvalue weighted by Gasteiger charge is -2.23. The Morgan fingerprint density at radius 1 is 1.47 bits per heavy atom. The van der Waals surface area contributed by atoms with E-state index < -0.39 is 0 Å². The minimum atomic E-state index is 0.399. The molecule has 0 unspecified atom stereocenters. The molecule has 0 bridgehead atoms. The van der Waals surface area contributed by atoms with E-state index in [4.69, 9.17) is 0 Å². The molecule has 2 heterocycles. The molecule has 0 aliphatic carbocycles. The van der Waals surface area contributed by atoms with Crippen molar-refractivity contribution in [1.82, 2.24) is 15.3 Å². The molecule has 17 heavy (non-hydrogen) atoms. The highest BCUT2D eigenvalue weighted by molar-refractivity contribution is 5.47. The van der Waals surface area contributed by atoms with E-state index in [2.05, 4.69) is 34.0 Å². The van der Waals surface area contributed by atoms with Crippen LogP contribution in [0.25, 0.3) is 0 Å². The van der Waals surface area contributed by atoms with Crippen molar-refractivity contribution in [2.75, 3.05) is 25.0 Å². The fourth-order valence-corrected chi connectivity index (χ4v) is 2.37. The van der Waals surface area contributed by atoms with E-state index in [-0.39, 0.29) is 0 Å². The van der Waals surface area contributed by atoms with Crippen LogP contribution in [0.15, 0.2) is 6.20 Å². The highest BCUT2D eigenvalue weighted by Gasteiger charge is 2.31. The van der Waals surface area contributed by atoms with Gasteiger partial charge in [-0.1, -0.05) is 13.8 Å². The van der Waals surface area contributed by atoms with E-state index in [1.165, 1.54) is 12.0 Å². The second-order valence-corrected chi connectivity index (χ2v) is 5.63. The van der Waals surface area contributed by atoms with Crippen LogP contribution in [-0.2, 0) is 6.54 Å². The summed E-state index contributed by atoms with van der Waals surface area (Å²) in [6.07, 6.45) is 3.18. The lowest BCUT2D eigenvalue weighted by Crippen LogP contribution is -2.26. The summed E-state index contributed by atoms with van der Waals surface area (Å²) < 4.78 is 0. The predicted octanol–water partition coefficient (Wildman–Crippen LogP) is 1.74. The maximum Gasteiger partial charge on any atom is 0.136 e. The summed E-state index contributed by atoms with van der Waals surface area (Å²) in [4.78, 5) is 11.3. The average molecular weight is 234 g/mol. The maximum atomic E-state index is 4.61. The van der Waals surface area contributed by atoms with Gasteiger partial charge in [-0.15, -0.1) is 0 Å². The van der Waals surface area contributed by atoms with Crippen LogP contribution in [0.2, 0.25) is 0 Å². The number of nitrogens with one attached hydrogen (secondary N) is 1. The van der Waals surface area contributed by atoms with Gasteiger partial charge in [-0.3, -0.25) is 0 Å². The summed E-state index contributed by atoms with van der Waals surface area (Å²) in [6.45, 7) is 9.60. The number of aryl methyl sites for hydroxylation is 1. The van der Waals surface area contributed by atoms with Gasteiger partial charge in [0.1, 0.15) is 11.6 Å². The summed E-state index contributed by atoms with van der Waals surface area (Å²) in [7, 11) is 1.96. The zero-order chi connectivity index (χ0) is 12.5. The van der Waals surface area contributed by atoms with Gasteiger partial charge in [-0.25, -0.2) is 9.97 Å². The van der Waals surface area contributed by atoms with E-state index in [1.54, 1.807) is 0 Å². The van der Waals surface area contributed by atoms with Crippen molar-refractivity contribution in [1.29, 1.82) is 0 Å². The van der Waals surface area contributed by atoms with E-state index >= 15 is 0 Å². The number of nitrogens with zero attached hydrogens (tertiary/aromatic N) is 3. The Morgan fingerprint density at radius 3 is 2.82 bits per heavy atom. The molecule has 1 aromatic rings. The molecule has 0 radical (unpaired) electrons. The molecule has 2 rings (SSSR count). The van der Waals surface area contributed by atoms with Crippen LogP contribution in [0, 0.1) is 12.3 Å². The molecule has 0 spiro atoms. The summed E-state index contributed by atoms with van der Waals surface area (Å²) in [5, 5.41) is 3.18. The number of hydrogen-bond donors (Lipinski definition) is 1. The topological polar surface area (TPSA) is 41.1 Å². The second kappa shape index (κ2) is 4.61. The Labute approximate surface area is 103 Å². The lowest BCUT2D eigenvalue weighted by molar-refractivity contribution is 0.418. The largest absolute Gasteiger partial charge is 0.356 e. The molecule has 94 valence electrons. The van der Waals surface area contributed by atoms with Crippen LogP contribution in [-0.4, -0.2) is 30.1 Å². The van der Waals surface area contributed by atoms with Gasteiger partial charge in [0.05, 0.1) is 0 Å². The van der Waals surface area contributed by atoms with Crippen LogP contribution in [0.1, 0.15) is 31.7 Å². The molecule has 1 aliphatic heterocycles. The first kappa shape index (κ1) is 12.3. The van der Waals surface area contributed by atoms with Gasteiger partial charge in [0, 0.05) is 31.4 Å². The summed E-state index contributed by atoms with van der Waals surface area (Å²) in [5.74, 6) is 1.96. The molecule has 0 saturated carbocycles. The SMILES string of the molecule is CNCc1cnc(C)nc1N1CCC(C)(C)C1. The van der Waals surface area contributed by atoms with Gasteiger partial charge in [-0.05, 0) is 25.8 Å². The normalized spacial score (nSPS) is 18.7. The summed E-state index contributed by atoms with van der Waals surface area (Å²) >= 11 is 0. The second-order valence-electron chi connectivity index (χ2n) is 5.63. The van der Waals surface area contributed by atoms with Gasteiger partial charge in [0.2, 0.25) is 0 Å². The zero-order valence-corrected chi connectivity index (χ0v) is 11.2. The fourth-order valence-electron chi connectivity index (χ4n) is 2.37. The first-order valence-electron chi connectivity index (χ1n) is 6.24. The Hall–Kier alpha value is -1.16. The maximum absolute atomic E-state index is 4.61. The standard InChI is InChI=1S/C13H22N4/c1-10-15-8-11(7-14-4)12(16-10)17-6-5-13(2,3)9-17/h8,14H,5-7,9H2,1-4H3. The van der Waals surface area contributed by atoms with Gasteiger partial charge >= 0.3 is 0 Å². The van der Waals surface area contributed by atoms with Crippen molar-refractivity contribution in [3.63, 3.8) is 0 Å². The Morgan fingerprint density at radius 2 is 2.24 bits per heavy atom. The third-order valence-corrected chi connectivity index (χ3v) is 3.31. The van der Waals surface area contributed by atoms with Gasteiger partial charge in [0.25, 0.3) is 0 Å². The third kappa shape index (κ3) is 2.75. The smallest absolute Gasteiger partial charge is 0.136 e. The quantitative estimate of drug-likeness (QED) is 0.865. The monoisotopic (exact) mass is 234 g/mol. The van der Waals surface area contributed by atoms with Gasteiger partial charge in [-0.2, -0.15) is 0 Å². The number of rotatable bonds is 3. The molecule has 1 saturated heterocycles. The molecule has 1 fully saturated rings. The minimum absolute atomic E-state index is 0.399. The molecule has 0 amide bonds. The van der Waals surface area contributed by atoms with Crippen molar-refractivity contribution in [2.45, 2.75) is 33.7 Å². The zero-order valence-electron chi connectivity index (χ0n) is 11.2. The molecular formula is C13H22N4. The lowest BCUT2D eigenvalue weighted by atomic mass is 9.93. The highest BCUT2D eigenvalue weighted by atomic mass is 15.2. The molecule has 1 aromatic heterocycles. The molecule has 0 atom stereocenters. The molecule has 1 aliphatic rings. The summed E-state index contributed by atoms with van der Waals surface area (Å²) in [5.41, 5.74) is 1.59. The minimum Gasteiger partial charge on any atom is -0.356 e. The van der Waals surface area contributed by atoms with Crippen LogP contribution in [0.5, 0.6) is 0 Å². The average Bonchev–Trinajstić information content (AvgIpc) is 2.62. The Kier molecular flexibility index (Phi) is 3.33. The van der Waals surface area contributed by atoms with E-state index in [1.807, 2.05) is 20.2 Å². The number of aromatic nitrogens is 2. The van der Waals surface area contributed by atoms with Crippen LogP contribution < -0.4 is 10.2 Å². The van der Waals surface area contributed by atoms with E-state index in [9.17, 15) is 0 Å². The van der Waals surface area contributed by atoms with Gasteiger partial charge < -0.3 is 10.2 Å². The van der Waals surface area contributed by atoms with Crippen LogP contribution in [0.4, 0.5) is 5.82 Å². The van der Waals surface area contributed by atoms with E-state index in [0.29, 0.717) is 5.41 Å². The molecule has 4 nitrogen and oxygen atoms in total. The van der Waals surface area contributed by atoms with Crippen molar-refractivity contribution in [3.05, 3.63) is 17.6 Å². The summed E-state index contributed by atoms with van der Waals surface area (Å²) in [6, 6.07) is 0. The highest BCUT2D eigenvalue weighted by Crippen LogP contribution is 2.32. The molecule has 1 N–H and O–H groups in total. The molecular weight excluding hydrogens is 212 g/mol. The first-order chi connectivity index (χ1) is 8.02. The van der Waals surface area contributed by atoms with Crippen molar-refractivity contribution >= 4 is 5.82 Å². The fraction of sp³-hybridized carbons (Fsp3) is 0.692.